The number of azide groups is 2. The third-order valence-electron chi connectivity index (χ3n) is 3.20. The third-order valence-corrected chi connectivity index (χ3v) is 4.52. The van der Waals surface area contributed by atoms with Crippen molar-refractivity contribution in [3.05, 3.63) is 68.4 Å². The molecule has 0 radical (unpaired) electrons. The summed E-state index contributed by atoms with van der Waals surface area (Å²) in [6.45, 7) is 0. The molecule has 0 saturated heterocycles. The molecule has 12 heteroatoms. The summed E-state index contributed by atoms with van der Waals surface area (Å²) in [5.41, 5.74) is 18.7. The Kier molecular flexibility index (Phi) is 6.25. The van der Waals surface area contributed by atoms with Crippen LogP contribution in [-0.2, 0) is 28.6 Å². The normalized spacial score (nSPS) is 12.6. The van der Waals surface area contributed by atoms with E-state index in [2.05, 4.69) is 20.1 Å². The summed E-state index contributed by atoms with van der Waals surface area (Å²) < 4.78 is 40.5. The Morgan fingerprint density at radius 3 is 1.56 bits per heavy atom. The van der Waals surface area contributed by atoms with Crippen LogP contribution < -0.4 is 0 Å². The van der Waals surface area contributed by atoms with Gasteiger partial charge in [0, 0.05) is 21.2 Å². The first-order valence-electron chi connectivity index (χ1n) is 6.54. The smallest absolute Gasteiger partial charge is 0.186 e. The van der Waals surface area contributed by atoms with Crippen LogP contribution >= 0.6 is 0 Å². The van der Waals surface area contributed by atoms with E-state index in [4.69, 9.17) is 20.2 Å². The number of nitrogens with zero attached hydrogens (tertiary/aromatic N) is 6. The number of hydrogen-bond donors (Lipinski definition) is 2. The van der Waals surface area contributed by atoms with Gasteiger partial charge < -0.3 is 9.11 Å². The number of hydrogen-bond acceptors (Lipinski definition) is 4. The molecule has 0 aromatic heterocycles. The fraction of sp³-hybridized carbons (Fsp3) is 0.0769. The van der Waals surface area contributed by atoms with Crippen LogP contribution in [0, 0.1) is 0 Å². The van der Waals surface area contributed by atoms with Crippen molar-refractivity contribution in [2.75, 3.05) is 0 Å². The molecule has 2 atom stereocenters. The van der Waals surface area contributed by atoms with E-state index in [1.54, 1.807) is 0 Å². The SMILES string of the molecule is [N-]=[N+]=Nc1cc(S(=O)O)ccc1Cc1ccc(S(=O)O)cc1N=[N+]=[N-]. The van der Waals surface area contributed by atoms with Crippen molar-refractivity contribution < 1.29 is 17.5 Å². The van der Waals surface area contributed by atoms with Gasteiger partial charge in [-0.05, 0) is 52.9 Å². The van der Waals surface area contributed by atoms with E-state index in [1.807, 2.05) is 0 Å². The Hall–Kier alpha value is -2.72. The highest BCUT2D eigenvalue weighted by Crippen LogP contribution is 2.30. The average molecular weight is 378 g/mol. The molecule has 25 heavy (non-hydrogen) atoms. The molecule has 2 aromatic rings. The zero-order valence-corrected chi connectivity index (χ0v) is 14.0. The lowest BCUT2D eigenvalue weighted by molar-refractivity contribution is 0.563. The van der Waals surface area contributed by atoms with Gasteiger partial charge in [-0.1, -0.05) is 22.4 Å². The predicted molar refractivity (Wildman–Crippen MR) is 91.4 cm³/mol. The molecule has 2 rings (SSSR count). The second kappa shape index (κ2) is 8.40. The van der Waals surface area contributed by atoms with Crippen LogP contribution in [0.25, 0.3) is 20.9 Å². The molecule has 2 N–H and O–H groups in total. The molecular weight excluding hydrogens is 368 g/mol. The highest BCUT2D eigenvalue weighted by Gasteiger charge is 2.11. The summed E-state index contributed by atoms with van der Waals surface area (Å²) in [7, 11) is 0. The summed E-state index contributed by atoms with van der Waals surface area (Å²) in [6, 6.07) is 8.43. The van der Waals surface area contributed by atoms with Gasteiger partial charge >= 0.3 is 0 Å². The summed E-state index contributed by atoms with van der Waals surface area (Å²) in [6.07, 6.45) is 0.180. The quantitative estimate of drug-likeness (QED) is 0.330. The summed E-state index contributed by atoms with van der Waals surface area (Å²) in [4.78, 5) is 5.54. The van der Waals surface area contributed by atoms with Gasteiger partial charge in [-0.3, -0.25) is 0 Å². The maximum Gasteiger partial charge on any atom is 0.186 e. The Morgan fingerprint density at radius 2 is 1.24 bits per heavy atom. The molecule has 128 valence electrons. The lowest BCUT2D eigenvalue weighted by Gasteiger charge is -2.10. The number of rotatable bonds is 6. The molecule has 10 nitrogen and oxygen atoms in total. The minimum atomic E-state index is -2.22. The second-order valence-electron chi connectivity index (χ2n) is 4.64. The van der Waals surface area contributed by atoms with E-state index in [9.17, 15) is 8.42 Å². The zero-order chi connectivity index (χ0) is 18.4. The summed E-state index contributed by atoms with van der Waals surface area (Å²) in [5, 5.41) is 7.02. The molecule has 0 heterocycles. The highest BCUT2D eigenvalue weighted by molar-refractivity contribution is 7.79. The average Bonchev–Trinajstić information content (AvgIpc) is 2.58. The highest BCUT2D eigenvalue weighted by atomic mass is 32.2. The molecule has 0 saturated carbocycles. The van der Waals surface area contributed by atoms with Crippen molar-refractivity contribution in [3.8, 4) is 0 Å². The molecular formula is C13H10N6O4S2. The lowest BCUT2D eigenvalue weighted by Crippen LogP contribution is -1.95. The molecule has 0 aliphatic heterocycles. The van der Waals surface area contributed by atoms with Crippen molar-refractivity contribution in [3.63, 3.8) is 0 Å². The number of benzene rings is 2. The van der Waals surface area contributed by atoms with Gasteiger partial charge in [0.1, 0.15) is 0 Å². The zero-order valence-electron chi connectivity index (χ0n) is 12.4. The first kappa shape index (κ1) is 18.6. The molecule has 0 amide bonds. The van der Waals surface area contributed by atoms with Gasteiger partial charge in [-0.25, -0.2) is 8.42 Å². The van der Waals surface area contributed by atoms with Gasteiger partial charge in [0.15, 0.2) is 22.2 Å². The topological polar surface area (TPSA) is 172 Å². The summed E-state index contributed by atoms with van der Waals surface area (Å²) >= 11 is -4.45. The van der Waals surface area contributed by atoms with Crippen LogP contribution in [0.2, 0.25) is 0 Å². The Labute approximate surface area is 146 Å². The van der Waals surface area contributed by atoms with Crippen LogP contribution in [0.4, 0.5) is 11.4 Å². The van der Waals surface area contributed by atoms with Gasteiger partial charge in [0.2, 0.25) is 0 Å². The van der Waals surface area contributed by atoms with Crippen LogP contribution in [0.5, 0.6) is 0 Å². The minimum absolute atomic E-state index is 0.0763. The molecule has 0 spiro atoms. The van der Waals surface area contributed by atoms with Crippen LogP contribution in [0.1, 0.15) is 11.1 Å². The Bertz CT molecular complexity index is 889. The first-order valence-corrected chi connectivity index (χ1v) is 8.75. The van der Waals surface area contributed by atoms with Crippen molar-refractivity contribution in [2.24, 2.45) is 10.2 Å². The van der Waals surface area contributed by atoms with E-state index in [-0.39, 0.29) is 27.6 Å². The largest absolute Gasteiger partial charge is 0.302 e. The Morgan fingerprint density at radius 1 is 0.840 bits per heavy atom. The lowest BCUT2D eigenvalue weighted by atomic mass is 10.0. The fourth-order valence-corrected chi connectivity index (χ4v) is 2.89. The monoisotopic (exact) mass is 378 g/mol. The molecule has 0 aliphatic carbocycles. The van der Waals surface area contributed by atoms with Crippen LogP contribution in [0.3, 0.4) is 0 Å². The Balaban J connectivity index is 2.52. The van der Waals surface area contributed by atoms with Crippen LogP contribution in [0.15, 0.2) is 56.4 Å². The van der Waals surface area contributed by atoms with E-state index < -0.39 is 22.2 Å². The van der Waals surface area contributed by atoms with Crippen molar-refractivity contribution in [1.82, 2.24) is 0 Å². The molecule has 2 unspecified atom stereocenters. The van der Waals surface area contributed by atoms with Gasteiger partial charge in [0.05, 0.1) is 9.79 Å². The maximum absolute atomic E-state index is 11.1. The molecule has 0 aliphatic rings. The van der Waals surface area contributed by atoms with Gasteiger partial charge in [-0.2, -0.15) is 0 Å². The van der Waals surface area contributed by atoms with Crippen molar-refractivity contribution in [2.45, 2.75) is 16.2 Å². The second-order valence-corrected chi connectivity index (χ2v) is 6.57. The standard InChI is InChI=1S/C13H10N6O4S2/c14-18-16-12-6-10(24(20)21)3-1-8(12)5-9-2-4-11(25(22)23)7-13(9)17-19-15/h1-4,6-7H,5H2,(H,20,21)(H,22,23). The van der Waals surface area contributed by atoms with Crippen molar-refractivity contribution >= 4 is 33.5 Å². The van der Waals surface area contributed by atoms with Crippen LogP contribution in [-0.4, -0.2) is 17.5 Å². The van der Waals surface area contributed by atoms with Gasteiger partial charge in [-0.15, -0.1) is 0 Å². The minimum Gasteiger partial charge on any atom is -0.302 e. The molecule has 0 bridgehead atoms. The molecule has 2 aromatic carbocycles. The third kappa shape index (κ3) is 4.64. The van der Waals surface area contributed by atoms with Gasteiger partial charge in [0.25, 0.3) is 0 Å². The predicted octanol–water partition coefficient (Wildman–Crippen LogP) is 4.32. The van der Waals surface area contributed by atoms with E-state index in [0.717, 1.165) is 0 Å². The van der Waals surface area contributed by atoms with Crippen molar-refractivity contribution in [1.29, 1.82) is 0 Å². The maximum atomic E-state index is 11.1. The van der Waals surface area contributed by atoms with E-state index in [1.165, 1.54) is 36.4 Å². The summed E-state index contributed by atoms with van der Waals surface area (Å²) in [5.74, 6) is 0. The fourth-order valence-electron chi connectivity index (χ4n) is 2.09. The first-order chi connectivity index (χ1) is 12.0. The van der Waals surface area contributed by atoms with E-state index >= 15 is 0 Å². The molecule has 0 fully saturated rings. The van der Waals surface area contributed by atoms with E-state index in [0.29, 0.717) is 11.1 Å².